The lowest BCUT2D eigenvalue weighted by atomic mass is 9.54. The average Bonchev–Trinajstić information content (AvgIpc) is 2.10. The Bertz CT molecular complexity index is 476. The first kappa shape index (κ1) is 13.3. The number of rotatable bonds is 4. The van der Waals surface area contributed by atoms with E-state index in [4.69, 9.17) is 5.14 Å². The maximum absolute atomic E-state index is 12.6. The molecule has 0 aromatic heterocycles. The zero-order chi connectivity index (χ0) is 13.7. The summed E-state index contributed by atoms with van der Waals surface area (Å²) in [5.41, 5.74) is -0.106. The first-order chi connectivity index (χ1) is 8.91. The van der Waals surface area contributed by atoms with Gasteiger partial charge in [0, 0.05) is 13.1 Å². The van der Waals surface area contributed by atoms with E-state index < -0.39 is 10.2 Å². The summed E-state index contributed by atoms with van der Waals surface area (Å²) in [7, 11) is -3.66. The summed E-state index contributed by atoms with van der Waals surface area (Å²) in [6, 6.07) is -0.211. The summed E-state index contributed by atoms with van der Waals surface area (Å²) in [4.78, 5) is 14.4. The zero-order valence-corrected chi connectivity index (χ0v) is 11.8. The molecule has 0 spiro atoms. The molecule has 3 N–H and O–H groups in total. The van der Waals surface area contributed by atoms with Gasteiger partial charge in [0.15, 0.2) is 0 Å². The van der Waals surface area contributed by atoms with Gasteiger partial charge in [0.25, 0.3) is 10.2 Å². The maximum atomic E-state index is 12.6. The van der Waals surface area contributed by atoms with Crippen LogP contribution < -0.4 is 9.86 Å². The molecule has 3 fully saturated rings. The molecular formula is C12H21N3O3S. The summed E-state index contributed by atoms with van der Waals surface area (Å²) in [5, 5.41) is 4.93. The standard InChI is InChI=1S/C12H21N3O3S/c13-19(17,18)14-10-7-15(8-10)11(16)12(5-2-6-12)9-3-1-4-9/h9-10,14H,1-8H2,(H2,13,17,18). The third-order valence-electron chi connectivity index (χ3n) is 5.06. The summed E-state index contributed by atoms with van der Waals surface area (Å²) in [5.74, 6) is 0.815. The number of hydrogen-bond donors (Lipinski definition) is 2. The Hall–Kier alpha value is -0.660. The molecule has 0 bridgehead atoms. The fourth-order valence-electron chi connectivity index (χ4n) is 3.58. The quantitative estimate of drug-likeness (QED) is 0.760. The van der Waals surface area contributed by atoms with Crippen molar-refractivity contribution in [3.63, 3.8) is 0 Å². The van der Waals surface area contributed by atoms with E-state index in [2.05, 4.69) is 4.72 Å². The van der Waals surface area contributed by atoms with E-state index in [9.17, 15) is 13.2 Å². The van der Waals surface area contributed by atoms with Crippen LogP contribution in [0.2, 0.25) is 0 Å². The Morgan fingerprint density at radius 3 is 2.21 bits per heavy atom. The van der Waals surface area contributed by atoms with E-state index in [0.717, 1.165) is 19.3 Å². The third kappa shape index (κ3) is 2.28. The van der Waals surface area contributed by atoms with Crippen LogP contribution in [0.15, 0.2) is 0 Å². The Labute approximate surface area is 113 Å². The summed E-state index contributed by atoms with van der Waals surface area (Å²) in [6.07, 6.45) is 6.78. The Kier molecular flexibility index (Phi) is 3.11. The number of nitrogens with one attached hydrogen (secondary N) is 1. The van der Waals surface area contributed by atoms with Crippen molar-refractivity contribution in [3.05, 3.63) is 0 Å². The Morgan fingerprint density at radius 1 is 1.21 bits per heavy atom. The average molecular weight is 287 g/mol. The molecule has 2 aliphatic carbocycles. The lowest BCUT2D eigenvalue weighted by molar-refractivity contribution is -0.161. The lowest BCUT2D eigenvalue weighted by Gasteiger charge is -2.54. The first-order valence-electron chi connectivity index (χ1n) is 7.00. The van der Waals surface area contributed by atoms with Crippen molar-refractivity contribution in [2.75, 3.05) is 13.1 Å². The molecule has 2 saturated carbocycles. The van der Waals surface area contributed by atoms with E-state index in [-0.39, 0.29) is 17.4 Å². The minimum atomic E-state index is -3.66. The van der Waals surface area contributed by atoms with Crippen LogP contribution >= 0.6 is 0 Å². The molecule has 0 atom stereocenters. The number of amides is 1. The molecule has 0 unspecified atom stereocenters. The van der Waals surface area contributed by atoms with Crippen molar-refractivity contribution in [1.29, 1.82) is 0 Å². The van der Waals surface area contributed by atoms with Gasteiger partial charge < -0.3 is 4.90 Å². The molecule has 0 radical (unpaired) electrons. The highest BCUT2D eigenvalue weighted by atomic mass is 32.2. The van der Waals surface area contributed by atoms with Crippen LogP contribution in [0, 0.1) is 11.3 Å². The molecular weight excluding hydrogens is 266 g/mol. The number of carbonyl (C=O) groups is 1. The second-order valence-corrected chi connectivity index (χ2v) is 7.53. The van der Waals surface area contributed by atoms with E-state index >= 15 is 0 Å². The van der Waals surface area contributed by atoms with E-state index in [1.807, 2.05) is 0 Å². The largest absolute Gasteiger partial charge is 0.339 e. The lowest BCUT2D eigenvalue weighted by Crippen LogP contribution is -2.66. The molecule has 7 heteroatoms. The molecule has 19 heavy (non-hydrogen) atoms. The van der Waals surface area contributed by atoms with Crippen molar-refractivity contribution in [3.8, 4) is 0 Å². The van der Waals surface area contributed by atoms with Gasteiger partial charge in [-0.25, -0.2) is 5.14 Å². The fraction of sp³-hybridized carbons (Fsp3) is 0.917. The normalized spacial score (nSPS) is 27.3. The summed E-state index contributed by atoms with van der Waals surface area (Å²) in [6.45, 7) is 0.924. The molecule has 1 heterocycles. The second kappa shape index (κ2) is 4.43. The smallest absolute Gasteiger partial charge is 0.274 e. The van der Waals surface area contributed by atoms with Gasteiger partial charge in [0.05, 0.1) is 11.5 Å². The van der Waals surface area contributed by atoms with Crippen molar-refractivity contribution in [2.24, 2.45) is 16.5 Å². The van der Waals surface area contributed by atoms with Gasteiger partial charge in [-0.2, -0.15) is 13.1 Å². The molecule has 0 aromatic carbocycles. The first-order valence-corrected chi connectivity index (χ1v) is 8.55. The molecule has 1 aliphatic heterocycles. The van der Waals surface area contributed by atoms with Gasteiger partial charge in [0.2, 0.25) is 5.91 Å². The van der Waals surface area contributed by atoms with Crippen LogP contribution in [-0.2, 0) is 15.0 Å². The predicted molar refractivity (Wildman–Crippen MR) is 70.2 cm³/mol. The Balaban J connectivity index is 1.57. The fourth-order valence-corrected chi connectivity index (χ4v) is 4.20. The zero-order valence-electron chi connectivity index (χ0n) is 11.0. The molecule has 1 amide bonds. The minimum Gasteiger partial charge on any atom is -0.339 e. The molecule has 3 rings (SSSR count). The van der Waals surface area contributed by atoms with E-state index in [0.29, 0.717) is 19.0 Å². The predicted octanol–water partition coefficient (Wildman–Crippen LogP) is -0.0393. The van der Waals surface area contributed by atoms with Crippen LogP contribution in [0.3, 0.4) is 0 Å². The SMILES string of the molecule is NS(=O)(=O)NC1CN(C(=O)C2(C3CCC3)CCC2)C1. The highest BCUT2D eigenvalue weighted by Crippen LogP contribution is 2.55. The maximum Gasteiger partial charge on any atom is 0.274 e. The number of hydrogen-bond acceptors (Lipinski definition) is 3. The number of carbonyl (C=O) groups excluding carboxylic acids is 1. The molecule has 108 valence electrons. The van der Waals surface area contributed by atoms with Gasteiger partial charge in [-0.05, 0) is 31.6 Å². The third-order valence-corrected chi connectivity index (χ3v) is 5.72. The van der Waals surface area contributed by atoms with E-state index in [1.54, 1.807) is 4.90 Å². The minimum absolute atomic E-state index is 0.106. The molecule has 1 saturated heterocycles. The number of nitrogens with zero attached hydrogens (tertiary/aromatic N) is 1. The highest BCUT2D eigenvalue weighted by Gasteiger charge is 2.54. The molecule has 3 aliphatic rings. The van der Waals surface area contributed by atoms with Crippen LogP contribution in [0.5, 0.6) is 0 Å². The summed E-state index contributed by atoms with van der Waals surface area (Å²) >= 11 is 0. The van der Waals surface area contributed by atoms with Crippen molar-refractivity contribution in [1.82, 2.24) is 9.62 Å². The van der Waals surface area contributed by atoms with Crippen LogP contribution in [0.1, 0.15) is 38.5 Å². The van der Waals surface area contributed by atoms with Crippen molar-refractivity contribution in [2.45, 2.75) is 44.6 Å². The monoisotopic (exact) mass is 287 g/mol. The van der Waals surface area contributed by atoms with Crippen molar-refractivity contribution < 1.29 is 13.2 Å². The van der Waals surface area contributed by atoms with Gasteiger partial charge in [-0.15, -0.1) is 0 Å². The second-order valence-electron chi connectivity index (χ2n) is 6.21. The number of nitrogens with two attached hydrogens (primary N) is 1. The van der Waals surface area contributed by atoms with Gasteiger partial charge in [0.1, 0.15) is 0 Å². The van der Waals surface area contributed by atoms with Crippen LogP contribution in [0.25, 0.3) is 0 Å². The van der Waals surface area contributed by atoms with Gasteiger partial charge >= 0.3 is 0 Å². The van der Waals surface area contributed by atoms with Crippen LogP contribution in [-0.4, -0.2) is 38.4 Å². The van der Waals surface area contributed by atoms with Crippen LogP contribution in [0.4, 0.5) is 0 Å². The summed E-state index contributed by atoms with van der Waals surface area (Å²) < 4.78 is 24.1. The molecule has 6 nitrogen and oxygen atoms in total. The highest BCUT2D eigenvalue weighted by molar-refractivity contribution is 7.87. The van der Waals surface area contributed by atoms with E-state index in [1.165, 1.54) is 19.3 Å². The Morgan fingerprint density at radius 2 is 1.84 bits per heavy atom. The number of likely N-dealkylation sites (tertiary alicyclic amines) is 1. The molecule has 0 aromatic rings. The van der Waals surface area contributed by atoms with Gasteiger partial charge in [-0.3, -0.25) is 4.79 Å². The topological polar surface area (TPSA) is 92.5 Å². The van der Waals surface area contributed by atoms with Crippen molar-refractivity contribution >= 4 is 16.1 Å². The van der Waals surface area contributed by atoms with Gasteiger partial charge in [-0.1, -0.05) is 12.8 Å².